The van der Waals surface area contributed by atoms with Gasteiger partial charge < -0.3 is 20.9 Å². The number of para-hydroxylation sites is 1. The zero-order valence-corrected chi connectivity index (χ0v) is 15.6. The number of hydrogen-bond acceptors (Lipinski definition) is 6. The van der Waals surface area contributed by atoms with E-state index in [-0.39, 0.29) is 5.82 Å². The SMILES string of the molecule is Nc1c(NCc2ccc(F)cc2)ncnc1N1CCN(c2ccccc2)CC1. The van der Waals surface area contributed by atoms with Gasteiger partial charge in [-0.3, -0.25) is 0 Å². The number of nitrogens with one attached hydrogen (secondary N) is 1. The maximum Gasteiger partial charge on any atom is 0.157 e. The molecule has 1 fully saturated rings. The maximum absolute atomic E-state index is 13.0. The molecule has 3 N–H and O–H groups in total. The van der Waals surface area contributed by atoms with E-state index in [4.69, 9.17) is 5.73 Å². The molecule has 6 nitrogen and oxygen atoms in total. The van der Waals surface area contributed by atoms with E-state index in [0.717, 1.165) is 37.6 Å². The summed E-state index contributed by atoms with van der Waals surface area (Å²) in [4.78, 5) is 13.2. The molecule has 0 radical (unpaired) electrons. The van der Waals surface area contributed by atoms with Gasteiger partial charge in [-0.1, -0.05) is 30.3 Å². The first-order chi connectivity index (χ1) is 13.7. The van der Waals surface area contributed by atoms with Gasteiger partial charge in [0.25, 0.3) is 0 Å². The first kappa shape index (κ1) is 18.0. The Labute approximate surface area is 163 Å². The molecule has 0 atom stereocenters. The second-order valence-corrected chi connectivity index (χ2v) is 6.75. The van der Waals surface area contributed by atoms with Crippen molar-refractivity contribution >= 4 is 23.0 Å². The average Bonchev–Trinajstić information content (AvgIpc) is 2.75. The van der Waals surface area contributed by atoms with Crippen LogP contribution in [0.2, 0.25) is 0 Å². The number of piperazine rings is 1. The van der Waals surface area contributed by atoms with Gasteiger partial charge in [-0.05, 0) is 29.8 Å². The number of rotatable bonds is 5. The molecular weight excluding hydrogens is 355 g/mol. The van der Waals surface area contributed by atoms with Crippen molar-refractivity contribution in [3.8, 4) is 0 Å². The van der Waals surface area contributed by atoms with Crippen molar-refractivity contribution in [2.75, 3.05) is 47.0 Å². The number of nitrogens with zero attached hydrogens (tertiary/aromatic N) is 4. The molecule has 1 aliphatic heterocycles. The summed E-state index contributed by atoms with van der Waals surface area (Å²) < 4.78 is 13.0. The Balaban J connectivity index is 1.41. The van der Waals surface area contributed by atoms with Crippen LogP contribution in [0.4, 0.5) is 27.4 Å². The zero-order valence-electron chi connectivity index (χ0n) is 15.6. The number of aromatic nitrogens is 2. The lowest BCUT2D eigenvalue weighted by atomic mass is 10.2. The van der Waals surface area contributed by atoms with E-state index in [2.05, 4.69) is 49.4 Å². The molecule has 1 aliphatic rings. The molecule has 28 heavy (non-hydrogen) atoms. The molecule has 0 unspecified atom stereocenters. The van der Waals surface area contributed by atoms with Crippen LogP contribution in [-0.4, -0.2) is 36.1 Å². The summed E-state index contributed by atoms with van der Waals surface area (Å²) in [6, 6.07) is 16.8. The van der Waals surface area contributed by atoms with Crippen molar-refractivity contribution in [1.82, 2.24) is 9.97 Å². The van der Waals surface area contributed by atoms with Gasteiger partial charge in [-0.15, -0.1) is 0 Å². The highest BCUT2D eigenvalue weighted by Gasteiger charge is 2.21. The Kier molecular flexibility index (Phi) is 5.23. The highest BCUT2D eigenvalue weighted by atomic mass is 19.1. The minimum Gasteiger partial charge on any atom is -0.393 e. The maximum atomic E-state index is 13.0. The lowest BCUT2D eigenvalue weighted by Gasteiger charge is -2.37. The normalized spacial score (nSPS) is 14.2. The molecule has 2 heterocycles. The summed E-state index contributed by atoms with van der Waals surface area (Å²) in [6.45, 7) is 4.02. The van der Waals surface area contributed by atoms with Crippen molar-refractivity contribution in [3.63, 3.8) is 0 Å². The highest BCUT2D eigenvalue weighted by Crippen LogP contribution is 2.28. The smallest absolute Gasteiger partial charge is 0.157 e. The molecule has 4 rings (SSSR count). The van der Waals surface area contributed by atoms with Crippen LogP contribution in [0.3, 0.4) is 0 Å². The van der Waals surface area contributed by atoms with Crippen molar-refractivity contribution in [2.45, 2.75) is 6.54 Å². The summed E-state index contributed by atoms with van der Waals surface area (Å²) in [5.41, 5.74) is 9.08. The number of halogens is 1. The molecule has 144 valence electrons. The van der Waals surface area contributed by atoms with E-state index in [0.29, 0.717) is 18.1 Å². The average molecular weight is 378 g/mol. The third kappa shape index (κ3) is 3.98. The van der Waals surface area contributed by atoms with E-state index < -0.39 is 0 Å². The van der Waals surface area contributed by atoms with E-state index in [1.165, 1.54) is 24.1 Å². The fourth-order valence-corrected chi connectivity index (χ4v) is 3.38. The number of hydrogen-bond donors (Lipinski definition) is 2. The summed E-state index contributed by atoms with van der Waals surface area (Å²) in [6.07, 6.45) is 1.53. The third-order valence-corrected chi connectivity index (χ3v) is 4.94. The summed E-state index contributed by atoms with van der Waals surface area (Å²) in [7, 11) is 0. The number of nitrogens with two attached hydrogens (primary N) is 1. The molecule has 3 aromatic rings. The van der Waals surface area contributed by atoms with Gasteiger partial charge in [0.1, 0.15) is 17.8 Å². The van der Waals surface area contributed by atoms with Crippen LogP contribution in [0.25, 0.3) is 0 Å². The fourth-order valence-electron chi connectivity index (χ4n) is 3.38. The van der Waals surface area contributed by atoms with Crippen LogP contribution < -0.4 is 20.9 Å². The standard InChI is InChI=1S/C21H23FN6/c22-17-8-6-16(7-9-17)14-24-20-19(23)21(26-15-25-20)28-12-10-27(11-13-28)18-4-2-1-3-5-18/h1-9,15H,10-14,23H2,(H,24,25,26). The molecule has 0 saturated carbocycles. The van der Waals surface area contributed by atoms with Crippen LogP contribution >= 0.6 is 0 Å². The van der Waals surface area contributed by atoms with Gasteiger partial charge in [-0.2, -0.15) is 0 Å². The van der Waals surface area contributed by atoms with Crippen molar-refractivity contribution in [3.05, 3.63) is 72.3 Å². The van der Waals surface area contributed by atoms with Gasteiger partial charge in [0.05, 0.1) is 0 Å². The second-order valence-electron chi connectivity index (χ2n) is 6.75. The first-order valence-electron chi connectivity index (χ1n) is 9.34. The molecule has 2 aromatic carbocycles. The highest BCUT2D eigenvalue weighted by molar-refractivity contribution is 5.75. The fraction of sp³-hybridized carbons (Fsp3) is 0.238. The minimum atomic E-state index is -0.248. The quantitative estimate of drug-likeness (QED) is 0.711. The lowest BCUT2D eigenvalue weighted by Crippen LogP contribution is -2.47. The Morgan fingerprint density at radius 3 is 2.29 bits per heavy atom. The molecule has 7 heteroatoms. The Morgan fingerprint density at radius 1 is 0.893 bits per heavy atom. The monoisotopic (exact) mass is 378 g/mol. The van der Waals surface area contributed by atoms with E-state index in [9.17, 15) is 4.39 Å². The number of anilines is 4. The lowest BCUT2D eigenvalue weighted by molar-refractivity contribution is 0.627. The van der Waals surface area contributed by atoms with E-state index >= 15 is 0 Å². The van der Waals surface area contributed by atoms with Crippen LogP contribution in [-0.2, 0) is 6.54 Å². The molecule has 0 spiro atoms. The van der Waals surface area contributed by atoms with Gasteiger partial charge in [0.15, 0.2) is 11.6 Å². The van der Waals surface area contributed by atoms with Crippen LogP contribution in [0.5, 0.6) is 0 Å². The Morgan fingerprint density at radius 2 is 1.57 bits per heavy atom. The number of benzene rings is 2. The van der Waals surface area contributed by atoms with Crippen molar-refractivity contribution < 1.29 is 4.39 Å². The molecule has 0 aliphatic carbocycles. The Hall–Kier alpha value is -3.35. The number of nitrogen functional groups attached to an aromatic ring is 1. The third-order valence-electron chi connectivity index (χ3n) is 4.94. The van der Waals surface area contributed by atoms with Gasteiger partial charge in [0, 0.05) is 38.4 Å². The predicted octanol–water partition coefficient (Wildman–Crippen LogP) is 3.14. The molecule has 0 bridgehead atoms. The van der Waals surface area contributed by atoms with Crippen LogP contribution in [0.15, 0.2) is 60.9 Å². The predicted molar refractivity (Wildman–Crippen MR) is 111 cm³/mol. The van der Waals surface area contributed by atoms with Crippen LogP contribution in [0, 0.1) is 5.82 Å². The summed E-state index contributed by atoms with van der Waals surface area (Å²) in [5, 5.41) is 3.23. The van der Waals surface area contributed by atoms with Crippen LogP contribution in [0.1, 0.15) is 5.56 Å². The van der Waals surface area contributed by atoms with Gasteiger partial charge in [-0.25, -0.2) is 14.4 Å². The summed E-state index contributed by atoms with van der Waals surface area (Å²) >= 11 is 0. The largest absolute Gasteiger partial charge is 0.393 e. The topological polar surface area (TPSA) is 70.3 Å². The van der Waals surface area contributed by atoms with Crippen molar-refractivity contribution in [1.29, 1.82) is 0 Å². The zero-order chi connectivity index (χ0) is 19.3. The van der Waals surface area contributed by atoms with Crippen molar-refractivity contribution in [2.24, 2.45) is 0 Å². The molecular formula is C21H23FN6. The minimum absolute atomic E-state index is 0.248. The van der Waals surface area contributed by atoms with E-state index in [1.54, 1.807) is 12.1 Å². The van der Waals surface area contributed by atoms with Gasteiger partial charge >= 0.3 is 0 Å². The van der Waals surface area contributed by atoms with Gasteiger partial charge in [0.2, 0.25) is 0 Å². The Bertz CT molecular complexity index is 908. The first-order valence-corrected chi connectivity index (χ1v) is 9.34. The second kappa shape index (κ2) is 8.12. The molecule has 1 saturated heterocycles. The van der Waals surface area contributed by atoms with E-state index in [1.807, 2.05) is 6.07 Å². The molecule has 0 amide bonds. The summed E-state index contributed by atoms with van der Waals surface area (Å²) in [5.74, 6) is 1.10. The molecule has 1 aromatic heterocycles.